The van der Waals surface area contributed by atoms with E-state index in [9.17, 15) is 13.2 Å². The second kappa shape index (κ2) is 8.95. The summed E-state index contributed by atoms with van der Waals surface area (Å²) in [5.41, 5.74) is 0.675. The highest BCUT2D eigenvalue weighted by Crippen LogP contribution is 2.33. The minimum atomic E-state index is -3.05. The van der Waals surface area contributed by atoms with Gasteiger partial charge in [0.1, 0.15) is 12.4 Å². The van der Waals surface area contributed by atoms with Gasteiger partial charge in [0.2, 0.25) is 0 Å². The minimum Gasteiger partial charge on any atom is -0.492 e. The molecule has 2 amide bonds. The van der Waals surface area contributed by atoms with Gasteiger partial charge >= 0.3 is 6.03 Å². The maximum absolute atomic E-state index is 12.9. The van der Waals surface area contributed by atoms with E-state index in [0.29, 0.717) is 23.4 Å². The molecule has 1 aromatic rings. The molecule has 0 heterocycles. The molecule has 0 aliphatic heterocycles. The second-order valence-corrected chi connectivity index (χ2v) is 10.1. The van der Waals surface area contributed by atoms with Crippen molar-refractivity contribution in [3.05, 3.63) is 24.3 Å². The van der Waals surface area contributed by atoms with Crippen LogP contribution in [0.4, 0.5) is 10.5 Å². The first-order chi connectivity index (χ1) is 12.9. The molecule has 7 heteroatoms. The molecule has 2 saturated carbocycles. The number of benzene rings is 1. The van der Waals surface area contributed by atoms with Crippen LogP contribution < -0.4 is 10.1 Å². The Morgan fingerprint density at radius 2 is 1.93 bits per heavy atom. The minimum absolute atomic E-state index is 0.0273. The lowest BCUT2D eigenvalue weighted by Gasteiger charge is -2.34. The first kappa shape index (κ1) is 20.0. The maximum atomic E-state index is 12.9. The molecular formula is C20H30N2O4S. The molecule has 2 fully saturated rings. The number of ether oxygens (including phenoxy) is 1. The molecule has 0 unspecified atom stereocenters. The van der Waals surface area contributed by atoms with Crippen LogP contribution >= 0.6 is 0 Å². The summed E-state index contributed by atoms with van der Waals surface area (Å²) >= 11 is 0. The number of anilines is 1. The molecular weight excluding hydrogens is 364 g/mol. The predicted molar refractivity (Wildman–Crippen MR) is 107 cm³/mol. The van der Waals surface area contributed by atoms with Gasteiger partial charge in [-0.15, -0.1) is 0 Å². The Hall–Kier alpha value is -1.76. The molecule has 0 bridgehead atoms. The summed E-state index contributed by atoms with van der Waals surface area (Å²) in [4.78, 5) is 15.0. The van der Waals surface area contributed by atoms with Crippen molar-refractivity contribution in [2.75, 3.05) is 30.5 Å². The summed E-state index contributed by atoms with van der Waals surface area (Å²) in [6, 6.07) is 7.45. The number of sulfone groups is 1. The lowest BCUT2D eigenvalue weighted by Crippen LogP contribution is -2.45. The molecule has 0 radical (unpaired) electrons. The smallest absolute Gasteiger partial charge is 0.322 e. The monoisotopic (exact) mass is 394 g/mol. The Morgan fingerprint density at radius 1 is 1.19 bits per heavy atom. The molecule has 2 aliphatic rings. The zero-order valence-electron chi connectivity index (χ0n) is 16.0. The number of rotatable bonds is 8. The van der Waals surface area contributed by atoms with Crippen LogP contribution in [0.3, 0.4) is 0 Å². The quantitative estimate of drug-likeness (QED) is 0.730. The molecule has 0 aromatic heterocycles. The Morgan fingerprint density at radius 3 is 2.59 bits per heavy atom. The summed E-state index contributed by atoms with van der Waals surface area (Å²) in [7, 11) is -3.05. The normalized spacial score (nSPS) is 18.1. The van der Waals surface area contributed by atoms with E-state index >= 15 is 0 Å². The summed E-state index contributed by atoms with van der Waals surface area (Å²) in [5, 5.41) is 3.01. The number of nitrogens with zero attached hydrogens (tertiary/aromatic N) is 1. The molecule has 0 spiro atoms. The van der Waals surface area contributed by atoms with Gasteiger partial charge < -0.3 is 15.0 Å². The van der Waals surface area contributed by atoms with Crippen LogP contribution in [0.15, 0.2) is 24.3 Å². The van der Waals surface area contributed by atoms with E-state index in [4.69, 9.17) is 4.74 Å². The molecule has 27 heavy (non-hydrogen) atoms. The van der Waals surface area contributed by atoms with E-state index in [0.717, 1.165) is 19.4 Å². The fourth-order valence-corrected chi connectivity index (χ4v) is 3.93. The summed E-state index contributed by atoms with van der Waals surface area (Å²) in [6.07, 6.45) is 9.48. The van der Waals surface area contributed by atoms with E-state index in [1.807, 2.05) is 11.0 Å². The fraction of sp³-hybridized carbons (Fsp3) is 0.650. The Labute approximate surface area is 162 Å². The standard InChI is InChI=1S/C20H30N2O4S/c1-27(24,25)13-12-26-19-9-5-6-17(14-19)21-20(23)22(15-16-10-11-16)18-7-3-2-4-8-18/h5-6,9,14,16,18H,2-4,7-8,10-13,15H2,1H3,(H,21,23). The molecule has 150 valence electrons. The second-order valence-electron chi connectivity index (χ2n) is 7.82. The van der Waals surface area contributed by atoms with Crippen molar-refractivity contribution >= 4 is 21.6 Å². The Bertz CT molecular complexity index is 740. The van der Waals surface area contributed by atoms with E-state index < -0.39 is 9.84 Å². The molecule has 3 rings (SSSR count). The van der Waals surface area contributed by atoms with Gasteiger partial charge in [0.05, 0.1) is 5.75 Å². The van der Waals surface area contributed by atoms with Crippen LogP contribution in [0.2, 0.25) is 0 Å². The van der Waals surface area contributed by atoms with Crippen LogP contribution in [0, 0.1) is 5.92 Å². The predicted octanol–water partition coefficient (Wildman–Crippen LogP) is 3.69. The van der Waals surface area contributed by atoms with Gasteiger partial charge in [-0.3, -0.25) is 0 Å². The first-order valence-electron chi connectivity index (χ1n) is 9.89. The van der Waals surface area contributed by atoms with E-state index in [1.165, 1.54) is 38.4 Å². The van der Waals surface area contributed by atoms with Crippen LogP contribution in [-0.2, 0) is 9.84 Å². The van der Waals surface area contributed by atoms with E-state index in [2.05, 4.69) is 5.32 Å². The van der Waals surface area contributed by atoms with Gasteiger partial charge in [0.25, 0.3) is 0 Å². The average Bonchev–Trinajstić information content (AvgIpc) is 3.44. The number of hydrogen-bond donors (Lipinski definition) is 1. The fourth-order valence-electron chi connectivity index (χ4n) is 3.54. The molecule has 0 saturated heterocycles. The van der Waals surface area contributed by atoms with Crippen LogP contribution in [0.1, 0.15) is 44.9 Å². The number of hydrogen-bond acceptors (Lipinski definition) is 4. The highest BCUT2D eigenvalue weighted by Gasteiger charge is 2.31. The topological polar surface area (TPSA) is 75.7 Å². The van der Waals surface area contributed by atoms with Gasteiger partial charge in [0, 0.05) is 30.6 Å². The largest absolute Gasteiger partial charge is 0.492 e. The first-order valence-corrected chi connectivity index (χ1v) is 11.9. The van der Waals surface area contributed by atoms with Crippen LogP contribution in [0.5, 0.6) is 5.75 Å². The number of carbonyl (C=O) groups is 1. The van der Waals surface area contributed by atoms with Crippen LogP contribution in [0.25, 0.3) is 0 Å². The number of nitrogens with one attached hydrogen (secondary N) is 1. The zero-order valence-corrected chi connectivity index (χ0v) is 16.8. The Balaban J connectivity index is 1.59. The molecule has 1 aromatic carbocycles. The summed E-state index contributed by atoms with van der Waals surface area (Å²) < 4.78 is 27.9. The van der Waals surface area contributed by atoms with Crippen LogP contribution in [-0.4, -0.2) is 50.6 Å². The lowest BCUT2D eigenvalue weighted by atomic mass is 9.94. The van der Waals surface area contributed by atoms with Crippen molar-refractivity contribution in [3.63, 3.8) is 0 Å². The zero-order chi connectivity index (χ0) is 19.3. The van der Waals surface area contributed by atoms with E-state index in [1.54, 1.807) is 18.2 Å². The van der Waals surface area contributed by atoms with Crippen molar-refractivity contribution in [3.8, 4) is 5.75 Å². The average molecular weight is 395 g/mol. The molecule has 6 nitrogen and oxygen atoms in total. The van der Waals surface area contributed by atoms with Crippen molar-refractivity contribution in [2.24, 2.45) is 5.92 Å². The molecule has 0 atom stereocenters. The van der Waals surface area contributed by atoms with Gasteiger partial charge in [-0.1, -0.05) is 25.3 Å². The van der Waals surface area contributed by atoms with Crippen molar-refractivity contribution in [1.82, 2.24) is 4.90 Å². The maximum Gasteiger partial charge on any atom is 0.322 e. The van der Waals surface area contributed by atoms with Crippen molar-refractivity contribution in [2.45, 2.75) is 51.0 Å². The molecule has 2 aliphatic carbocycles. The van der Waals surface area contributed by atoms with E-state index in [-0.39, 0.29) is 18.4 Å². The SMILES string of the molecule is CS(=O)(=O)CCOc1cccc(NC(=O)N(CC2CC2)C2CCCCC2)c1. The lowest BCUT2D eigenvalue weighted by molar-refractivity contribution is 0.163. The summed E-state index contributed by atoms with van der Waals surface area (Å²) in [6.45, 7) is 0.952. The van der Waals surface area contributed by atoms with Gasteiger partial charge in [-0.25, -0.2) is 13.2 Å². The molecule has 1 N–H and O–H groups in total. The van der Waals surface area contributed by atoms with Crippen molar-refractivity contribution < 1.29 is 17.9 Å². The third kappa shape index (κ3) is 6.72. The Kier molecular flexibility index (Phi) is 6.63. The summed E-state index contributed by atoms with van der Waals surface area (Å²) in [5.74, 6) is 1.19. The highest BCUT2D eigenvalue weighted by atomic mass is 32.2. The number of amides is 2. The third-order valence-corrected chi connectivity index (χ3v) is 6.14. The van der Waals surface area contributed by atoms with Gasteiger partial charge in [-0.2, -0.15) is 0 Å². The highest BCUT2D eigenvalue weighted by molar-refractivity contribution is 7.90. The number of urea groups is 1. The third-order valence-electron chi connectivity index (χ3n) is 5.24. The van der Waals surface area contributed by atoms with Gasteiger partial charge in [-0.05, 0) is 43.7 Å². The number of carbonyl (C=O) groups excluding carboxylic acids is 1. The van der Waals surface area contributed by atoms with Crippen molar-refractivity contribution in [1.29, 1.82) is 0 Å². The van der Waals surface area contributed by atoms with Gasteiger partial charge in [0.15, 0.2) is 9.84 Å².